The summed E-state index contributed by atoms with van der Waals surface area (Å²) in [5.74, 6) is -1.41. The van der Waals surface area contributed by atoms with E-state index in [1.54, 1.807) is 0 Å². The molecule has 0 radical (unpaired) electrons. The van der Waals surface area contributed by atoms with E-state index in [1.807, 2.05) is 0 Å². The Morgan fingerprint density at radius 1 is 1.83 bits per heavy atom. The smallest absolute Gasteiger partial charge is 0.335 e. The molecule has 0 saturated carbocycles. The van der Waals surface area contributed by atoms with E-state index < -0.39 is 12.6 Å². The summed E-state index contributed by atoms with van der Waals surface area (Å²) in [5.41, 5.74) is 0. The first-order chi connectivity index (χ1) is 2.27. The van der Waals surface area contributed by atoms with Crippen LogP contribution in [0.2, 0.25) is 0 Å². The molecule has 0 spiro atoms. The SMILES string of the molecule is O.O=C(O)CF. The summed E-state index contributed by atoms with van der Waals surface area (Å²) in [6.45, 7) is -1.28. The van der Waals surface area contributed by atoms with Crippen LogP contribution in [0.4, 0.5) is 4.39 Å². The number of hydrogen-bond donors (Lipinski definition) is 1. The molecule has 3 nitrogen and oxygen atoms in total. The molecule has 0 unspecified atom stereocenters. The molecule has 0 fully saturated rings. The highest BCUT2D eigenvalue weighted by molar-refractivity contribution is 5.67. The molecule has 4 heteroatoms. The third-order valence-electron chi connectivity index (χ3n) is 0.114. The lowest BCUT2D eigenvalue weighted by Crippen LogP contribution is -1.93. The summed E-state index contributed by atoms with van der Waals surface area (Å²) in [6.07, 6.45) is 0. The van der Waals surface area contributed by atoms with Gasteiger partial charge >= 0.3 is 5.97 Å². The van der Waals surface area contributed by atoms with Gasteiger partial charge in [-0.25, -0.2) is 9.18 Å². The van der Waals surface area contributed by atoms with Gasteiger partial charge in [-0.1, -0.05) is 0 Å². The Balaban J connectivity index is 0. The number of hydrogen-bond acceptors (Lipinski definition) is 1. The highest BCUT2D eigenvalue weighted by atomic mass is 19.1. The van der Waals surface area contributed by atoms with Crippen molar-refractivity contribution in [2.45, 2.75) is 0 Å². The van der Waals surface area contributed by atoms with E-state index in [0.717, 1.165) is 0 Å². The largest absolute Gasteiger partial charge is 0.479 e. The predicted octanol–water partition coefficient (Wildman–Crippen LogP) is -0.784. The maximum absolute atomic E-state index is 10.5. The molecule has 0 aromatic heterocycles. The second-order valence-electron chi connectivity index (χ2n) is 0.527. The van der Waals surface area contributed by atoms with Gasteiger partial charge in [0.2, 0.25) is 0 Å². The first-order valence-corrected chi connectivity index (χ1v) is 1.05. The topological polar surface area (TPSA) is 68.8 Å². The van der Waals surface area contributed by atoms with Crippen molar-refractivity contribution in [3.8, 4) is 0 Å². The Morgan fingerprint density at radius 3 is 2.00 bits per heavy atom. The predicted molar refractivity (Wildman–Crippen MR) is 17.2 cm³/mol. The maximum atomic E-state index is 10.5. The molecule has 0 atom stereocenters. The highest BCUT2D eigenvalue weighted by Gasteiger charge is 1.85. The molecule has 0 aliphatic rings. The van der Waals surface area contributed by atoms with Gasteiger partial charge in [-0.2, -0.15) is 0 Å². The standard InChI is InChI=1S/C2H3FO2.H2O/c3-1-2(4)5;/h1H2,(H,4,5);1H2. The Bertz CT molecular complexity index is 44.1. The van der Waals surface area contributed by atoms with Crippen LogP contribution in [-0.2, 0) is 4.79 Å². The molecule has 0 aliphatic carbocycles. The number of halogens is 1. The quantitative estimate of drug-likeness (QED) is 0.465. The Hall–Kier alpha value is -0.640. The van der Waals surface area contributed by atoms with E-state index in [1.165, 1.54) is 0 Å². The summed E-state index contributed by atoms with van der Waals surface area (Å²) < 4.78 is 10.5. The fourth-order valence-electron chi connectivity index (χ4n) is 0. The van der Waals surface area contributed by atoms with Crippen LogP contribution in [-0.4, -0.2) is 23.2 Å². The van der Waals surface area contributed by atoms with Crippen LogP contribution in [0.15, 0.2) is 0 Å². The number of carboxylic acid groups (broad SMARTS) is 1. The van der Waals surface area contributed by atoms with E-state index in [9.17, 15) is 4.39 Å². The minimum atomic E-state index is -1.41. The van der Waals surface area contributed by atoms with Crippen LogP contribution < -0.4 is 0 Å². The molecule has 38 valence electrons. The monoisotopic (exact) mass is 96.0 g/mol. The van der Waals surface area contributed by atoms with E-state index in [0.29, 0.717) is 0 Å². The van der Waals surface area contributed by atoms with E-state index in [2.05, 4.69) is 0 Å². The van der Waals surface area contributed by atoms with Crippen molar-refractivity contribution >= 4 is 5.97 Å². The molecule has 0 aromatic rings. The zero-order valence-corrected chi connectivity index (χ0v) is 2.94. The Labute approximate surface area is 33.7 Å². The molecule has 0 aliphatic heterocycles. The van der Waals surface area contributed by atoms with Gasteiger partial charge in [-0.3, -0.25) is 0 Å². The zero-order chi connectivity index (χ0) is 4.28. The van der Waals surface area contributed by atoms with Crippen molar-refractivity contribution in [2.24, 2.45) is 0 Å². The number of carboxylic acids is 1. The van der Waals surface area contributed by atoms with E-state index in [4.69, 9.17) is 9.90 Å². The van der Waals surface area contributed by atoms with Gasteiger partial charge in [-0.15, -0.1) is 0 Å². The Kier molecular flexibility index (Phi) is 6.56. The van der Waals surface area contributed by atoms with Gasteiger partial charge in [0.15, 0.2) is 6.67 Å². The lowest BCUT2D eigenvalue weighted by Gasteiger charge is -1.69. The fourth-order valence-corrected chi connectivity index (χ4v) is 0. The summed E-state index contributed by atoms with van der Waals surface area (Å²) >= 11 is 0. The molecule has 6 heavy (non-hydrogen) atoms. The van der Waals surface area contributed by atoms with Crippen molar-refractivity contribution in [1.82, 2.24) is 0 Å². The molecule has 3 N–H and O–H groups in total. The number of carbonyl (C=O) groups is 1. The van der Waals surface area contributed by atoms with Crippen molar-refractivity contribution < 1.29 is 19.8 Å². The summed E-state index contributed by atoms with van der Waals surface area (Å²) in [7, 11) is 0. The molecular formula is C2H5FO3. The lowest BCUT2D eigenvalue weighted by atomic mass is 10.8. The van der Waals surface area contributed by atoms with Crippen LogP contribution in [0, 0.1) is 0 Å². The summed E-state index contributed by atoms with van der Waals surface area (Å²) in [5, 5.41) is 7.35. The molecule has 0 heterocycles. The molecule has 0 amide bonds. The van der Waals surface area contributed by atoms with Gasteiger partial charge in [-0.05, 0) is 0 Å². The third kappa shape index (κ3) is 10.1. The average molecular weight is 96.1 g/mol. The number of aliphatic carboxylic acids is 1. The average Bonchev–Trinajstić information content (AvgIpc) is 1.38. The lowest BCUT2D eigenvalue weighted by molar-refractivity contribution is -0.137. The highest BCUT2D eigenvalue weighted by Crippen LogP contribution is 1.60. The van der Waals surface area contributed by atoms with Gasteiger partial charge in [0.25, 0.3) is 0 Å². The van der Waals surface area contributed by atoms with Crippen LogP contribution in [0.3, 0.4) is 0 Å². The Morgan fingerprint density at radius 2 is 2.00 bits per heavy atom. The van der Waals surface area contributed by atoms with Crippen molar-refractivity contribution in [3.05, 3.63) is 0 Å². The minimum absolute atomic E-state index is 0. The van der Waals surface area contributed by atoms with Crippen molar-refractivity contribution in [2.75, 3.05) is 6.67 Å². The summed E-state index contributed by atoms with van der Waals surface area (Å²) in [4.78, 5) is 8.99. The van der Waals surface area contributed by atoms with Crippen LogP contribution in [0.25, 0.3) is 0 Å². The first-order valence-electron chi connectivity index (χ1n) is 1.05. The zero-order valence-electron chi connectivity index (χ0n) is 2.94. The van der Waals surface area contributed by atoms with Gasteiger partial charge in [0.1, 0.15) is 0 Å². The first kappa shape index (κ1) is 9.03. The van der Waals surface area contributed by atoms with Gasteiger partial charge in [0, 0.05) is 0 Å². The van der Waals surface area contributed by atoms with Crippen molar-refractivity contribution in [1.29, 1.82) is 0 Å². The molecular weight excluding hydrogens is 91.0 g/mol. The van der Waals surface area contributed by atoms with Crippen LogP contribution in [0.1, 0.15) is 0 Å². The molecule has 0 rings (SSSR count). The van der Waals surface area contributed by atoms with E-state index in [-0.39, 0.29) is 5.48 Å². The molecule has 0 saturated heterocycles. The van der Waals surface area contributed by atoms with E-state index >= 15 is 0 Å². The second kappa shape index (κ2) is 4.36. The maximum Gasteiger partial charge on any atom is 0.335 e. The van der Waals surface area contributed by atoms with Gasteiger partial charge < -0.3 is 10.6 Å². The number of alkyl halides is 1. The normalized spacial score (nSPS) is 6.17. The molecule has 0 aromatic carbocycles. The number of rotatable bonds is 1. The van der Waals surface area contributed by atoms with Crippen molar-refractivity contribution in [3.63, 3.8) is 0 Å². The fraction of sp³-hybridized carbons (Fsp3) is 0.500. The minimum Gasteiger partial charge on any atom is -0.479 e. The van der Waals surface area contributed by atoms with Crippen LogP contribution >= 0.6 is 0 Å². The third-order valence-corrected chi connectivity index (χ3v) is 0.114. The van der Waals surface area contributed by atoms with Gasteiger partial charge in [0.05, 0.1) is 0 Å². The second-order valence-corrected chi connectivity index (χ2v) is 0.527. The van der Waals surface area contributed by atoms with Crippen LogP contribution in [0.5, 0.6) is 0 Å². The summed E-state index contributed by atoms with van der Waals surface area (Å²) in [6, 6.07) is 0. The molecule has 0 bridgehead atoms.